The third-order valence-corrected chi connectivity index (χ3v) is 8.03. The second kappa shape index (κ2) is 23.7. The van der Waals surface area contributed by atoms with Gasteiger partial charge >= 0.3 is 23.9 Å². The zero-order chi connectivity index (χ0) is 36.0. The summed E-state index contributed by atoms with van der Waals surface area (Å²) in [5.41, 5.74) is 7.13. The highest BCUT2D eigenvalue weighted by molar-refractivity contribution is 5.84. The first kappa shape index (κ1) is 41.6. The van der Waals surface area contributed by atoms with Crippen LogP contribution < -0.4 is 11.1 Å². The van der Waals surface area contributed by atoms with Gasteiger partial charge in [0.15, 0.2) is 24.5 Å². The summed E-state index contributed by atoms with van der Waals surface area (Å²) < 4.78 is 33.2. The van der Waals surface area contributed by atoms with Crippen molar-refractivity contribution in [3.8, 4) is 0 Å². The molecule has 0 radical (unpaired) electrons. The van der Waals surface area contributed by atoms with Crippen LogP contribution in [0.4, 0.5) is 0 Å². The second-order valence-corrected chi connectivity index (χ2v) is 12.4. The molecule has 13 heteroatoms. The molecule has 1 amide bonds. The van der Waals surface area contributed by atoms with Crippen molar-refractivity contribution in [1.82, 2.24) is 5.32 Å². The van der Waals surface area contributed by atoms with Crippen LogP contribution in [0, 0.1) is 0 Å². The van der Waals surface area contributed by atoms with Crippen LogP contribution in [0.1, 0.15) is 110 Å². The van der Waals surface area contributed by atoms with Crippen molar-refractivity contribution in [3.63, 3.8) is 0 Å². The Balaban J connectivity index is 2.03. The highest BCUT2D eigenvalue weighted by Crippen LogP contribution is 2.27. The van der Waals surface area contributed by atoms with E-state index < -0.39 is 67.2 Å². The van der Waals surface area contributed by atoms with Gasteiger partial charge in [-0.25, -0.2) is 4.79 Å². The van der Waals surface area contributed by atoms with Crippen molar-refractivity contribution in [2.45, 2.75) is 148 Å². The molecule has 0 unspecified atom stereocenters. The molecular formula is C36H56N2O11. The fraction of sp³-hybridized carbons (Fsp3) is 0.694. The smallest absolute Gasteiger partial charge is 0.331 e. The molecule has 1 saturated heterocycles. The topological polar surface area (TPSA) is 179 Å². The van der Waals surface area contributed by atoms with Crippen LogP contribution in [0.15, 0.2) is 30.3 Å². The van der Waals surface area contributed by atoms with Gasteiger partial charge in [-0.3, -0.25) is 19.2 Å². The van der Waals surface area contributed by atoms with E-state index in [0.717, 1.165) is 38.7 Å². The fourth-order valence-electron chi connectivity index (χ4n) is 5.49. The number of esters is 4. The Kier molecular flexibility index (Phi) is 20.2. The molecule has 0 aliphatic carbocycles. The highest BCUT2D eigenvalue weighted by Gasteiger charge is 2.49. The zero-order valence-electron chi connectivity index (χ0n) is 29.5. The highest BCUT2D eigenvalue weighted by atomic mass is 16.7. The molecule has 0 aromatic heterocycles. The molecule has 13 nitrogen and oxygen atoms in total. The molecule has 1 aromatic rings. The molecule has 3 N–H and O–H groups in total. The SMILES string of the molecule is CCCCCCCCCCCCCC(=O)N[C@@H](CO[C@@H]1O[C@H](COC(C)=O)[C@@H](OC(C)=O)[C@H](OC(C)=O)[C@H]1N)C(=O)OCc1ccccc1. The lowest BCUT2D eigenvalue weighted by Gasteiger charge is -2.43. The quantitative estimate of drug-likeness (QED) is 0.0939. The third kappa shape index (κ3) is 17.1. The Labute approximate surface area is 290 Å². The first-order valence-corrected chi connectivity index (χ1v) is 17.5. The van der Waals surface area contributed by atoms with Crippen LogP contribution in [0.25, 0.3) is 0 Å². The van der Waals surface area contributed by atoms with Crippen molar-refractivity contribution in [1.29, 1.82) is 0 Å². The molecular weight excluding hydrogens is 636 g/mol. The van der Waals surface area contributed by atoms with E-state index in [1.165, 1.54) is 51.9 Å². The van der Waals surface area contributed by atoms with Crippen LogP contribution in [-0.2, 0) is 59.0 Å². The van der Waals surface area contributed by atoms with Gasteiger partial charge < -0.3 is 39.5 Å². The van der Waals surface area contributed by atoms with Crippen molar-refractivity contribution >= 4 is 29.8 Å². The van der Waals surface area contributed by atoms with Gasteiger partial charge in [-0.05, 0) is 12.0 Å². The minimum absolute atomic E-state index is 0.0207. The molecule has 276 valence electrons. The number of benzene rings is 1. The number of ether oxygens (including phenoxy) is 6. The van der Waals surface area contributed by atoms with Crippen LogP contribution >= 0.6 is 0 Å². The maximum atomic E-state index is 13.2. The Hall–Kier alpha value is -3.55. The van der Waals surface area contributed by atoms with Crippen molar-refractivity contribution in [2.24, 2.45) is 5.73 Å². The monoisotopic (exact) mass is 692 g/mol. The Bertz CT molecular complexity index is 1150. The Morgan fingerprint density at radius 3 is 1.92 bits per heavy atom. The minimum Gasteiger partial charge on any atom is -0.463 e. The van der Waals surface area contributed by atoms with Crippen LogP contribution in [0.3, 0.4) is 0 Å². The number of amides is 1. The van der Waals surface area contributed by atoms with Gasteiger partial charge in [0.2, 0.25) is 5.91 Å². The molecule has 1 aliphatic heterocycles. The molecule has 6 atom stereocenters. The summed E-state index contributed by atoms with van der Waals surface area (Å²) in [5, 5.41) is 2.71. The molecule has 0 bridgehead atoms. The first-order chi connectivity index (χ1) is 23.5. The van der Waals surface area contributed by atoms with Crippen LogP contribution in [0.5, 0.6) is 0 Å². The molecule has 49 heavy (non-hydrogen) atoms. The van der Waals surface area contributed by atoms with Gasteiger partial charge in [-0.2, -0.15) is 0 Å². The summed E-state index contributed by atoms with van der Waals surface area (Å²) in [6, 6.07) is 6.67. The molecule has 1 aliphatic rings. The fourth-order valence-corrected chi connectivity index (χ4v) is 5.49. The van der Waals surface area contributed by atoms with Crippen molar-refractivity contribution < 1.29 is 52.4 Å². The molecule has 1 fully saturated rings. The summed E-state index contributed by atoms with van der Waals surface area (Å²) in [7, 11) is 0. The standard InChI is InChI=1S/C36H56N2O11/c1-5-6-7-8-9-10-11-12-13-14-18-21-31(42)38-29(35(43)45-22-28-19-16-15-17-20-28)23-46-36-32(37)34(48-27(4)41)33(47-26(3)40)30(49-36)24-44-25(2)39/h15-17,19-20,29-30,32-34,36H,5-14,18,21-24,37H2,1-4H3,(H,38,42)/t29-,30+,32+,33+,34+,36+/m0/s1. The lowest BCUT2D eigenvalue weighted by Crippen LogP contribution is -2.65. The van der Waals surface area contributed by atoms with E-state index in [0.29, 0.717) is 6.42 Å². The molecule has 1 aromatic carbocycles. The number of hydrogen-bond acceptors (Lipinski definition) is 12. The summed E-state index contributed by atoms with van der Waals surface area (Å²) in [6.07, 6.45) is 7.92. The number of carbonyl (C=O) groups is 5. The average molecular weight is 693 g/mol. The van der Waals surface area contributed by atoms with E-state index in [-0.39, 0.29) is 25.5 Å². The van der Waals surface area contributed by atoms with E-state index in [1.54, 1.807) is 12.1 Å². The van der Waals surface area contributed by atoms with Crippen LogP contribution in [-0.4, -0.2) is 79.7 Å². The number of nitrogens with two attached hydrogens (primary N) is 1. The van der Waals surface area contributed by atoms with Crippen molar-refractivity contribution in [3.05, 3.63) is 35.9 Å². The lowest BCUT2D eigenvalue weighted by molar-refractivity contribution is -0.274. The van der Waals surface area contributed by atoms with Gasteiger partial charge in [0.25, 0.3) is 0 Å². The summed E-state index contributed by atoms with van der Waals surface area (Å²) in [5.74, 6) is -3.10. The van der Waals surface area contributed by atoms with Gasteiger partial charge in [0.1, 0.15) is 19.3 Å². The predicted octanol–water partition coefficient (Wildman–Crippen LogP) is 4.41. The predicted molar refractivity (Wildman–Crippen MR) is 180 cm³/mol. The summed E-state index contributed by atoms with van der Waals surface area (Å²) >= 11 is 0. The van der Waals surface area contributed by atoms with Gasteiger partial charge in [-0.15, -0.1) is 0 Å². The summed E-state index contributed by atoms with van der Waals surface area (Å²) in [6.45, 7) is 4.94. The van der Waals surface area contributed by atoms with E-state index in [4.69, 9.17) is 34.2 Å². The van der Waals surface area contributed by atoms with Gasteiger partial charge in [0, 0.05) is 27.2 Å². The van der Waals surface area contributed by atoms with Crippen LogP contribution in [0.2, 0.25) is 0 Å². The van der Waals surface area contributed by atoms with Gasteiger partial charge in [0.05, 0.1) is 12.6 Å². The van der Waals surface area contributed by atoms with E-state index in [1.807, 2.05) is 18.2 Å². The zero-order valence-corrected chi connectivity index (χ0v) is 29.5. The van der Waals surface area contributed by atoms with Gasteiger partial charge in [-0.1, -0.05) is 101 Å². The third-order valence-electron chi connectivity index (χ3n) is 8.03. The summed E-state index contributed by atoms with van der Waals surface area (Å²) in [4.78, 5) is 61.5. The van der Waals surface area contributed by atoms with E-state index in [9.17, 15) is 24.0 Å². The Morgan fingerprint density at radius 2 is 1.35 bits per heavy atom. The number of rotatable bonds is 23. The average Bonchev–Trinajstić information content (AvgIpc) is 3.06. The number of unbranched alkanes of at least 4 members (excludes halogenated alkanes) is 10. The molecule has 0 saturated carbocycles. The molecule has 0 spiro atoms. The molecule has 1 heterocycles. The first-order valence-electron chi connectivity index (χ1n) is 17.5. The lowest BCUT2D eigenvalue weighted by atomic mass is 9.97. The maximum absolute atomic E-state index is 13.2. The van der Waals surface area contributed by atoms with E-state index >= 15 is 0 Å². The Morgan fingerprint density at radius 1 is 0.776 bits per heavy atom. The minimum atomic E-state index is -1.32. The maximum Gasteiger partial charge on any atom is 0.331 e. The molecule has 2 rings (SSSR count). The van der Waals surface area contributed by atoms with E-state index in [2.05, 4.69) is 12.2 Å². The second-order valence-electron chi connectivity index (χ2n) is 12.4. The number of carbonyl (C=O) groups excluding carboxylic acids is 5. The number of hydrogen-bond donors (Lipinski definition) is 2. The largest absolute Gasteiger partial charge is 0.463 e. The van der Waals surface area contributed by atoms with Crippen molar-refractivity contribution in [2.75, 3.05) is 13.2 Å². The normalized spacial score (nSPS) is 20.9. The number of nitrogens with one attached hydrogen (secondary N) is 1.